The molecule has 10 heteroatoms. The SMILES string of the molecule is COCCN1CCN(CC(=O)NCC2CCOCC2)c2cnc(-c3ccc(NC(C)=O)cc3)nc21. The number of ether oxygens (including phenoxy) is 2. The third kappa shape index (κ3) is 6.67. The van der Waals surface area contributed by atoms with E-state index >= 15 is 0 Å². The first-order valence-electron chi connectivity index (χ1n) is 12.1. The Morgan fingerprint density at radius 3 is 2.60 bits per heavy atom. The van der Waals surface area contributed by atoms with Crippen molar-refractivity contribution < 1.29 is 19.1 Å². The second-order valence-corrected chi connectivity index (χ2v) is 8.92. The molecule has 0 spiro atoms. The van der Waals surface area contributed by atoms with Crippen LogP contribution in [0.25, 0.3) is 11.4 Å². The number of nitrogens with one attached hydrogen (secondary N) is 2. The Morgan fingerprint density at radius 1 is 1.14 bits per heavy atom. The van der Waals surface area contributed by atoms with Gasteiger partial charge in [0.05, 0.1) is 25.0 Å². The summed E-state index contributed by atoms with van der Waals surface area (Å²) in [4.78, 5) is 37.7. The van der Waals surface area contributed by atoms with E-state index in [-0.39, 0.29) is 18.4 Å². The lowest BCUT2D eigenvalue weighted by atomic mass is 10.0. The lowest BCUT2D eigenvalue weighted by Crippen LogP contribution is -2.47. The number of fused-ring (bicyclic) bond motifs is 1. The van der Waals surface area contributed by atoms with Crippen molar-refractivity contribution in [3.05, 3.63) is 30.5 Å². The first-order valence-corrected chi connectivity index (χ1v) is 12.1. The van der Waals surface area contributed by atoms with E-state index in [1.165, 1.54) is 6.92 Å². The van der Waals surface area contributed by atoms with Gasteiger partial charge in [0, 0.05) is 64.7 Å². The molecule has 1 aromatic heterocycles. The number of aromatic nitrogens is 2. The molecule has 0 atom stereocenters. The highest BCUT2D eigenvalue weighted by molar-refractivity contribution is 5.89. The van der Waals surface area contributed by atoms with Crippen LogP contribution in [0, 0.1) is 5.92 Å². The number of carbonyl (C=O) groups is 2. The van der Waals surface area contributed by atoms with Crippen LogP contribution in [-0.4, -0.2) is 81.4 Å². The van der Waals surface area contributed by atoms with E-state index < -0.39 is 0 Å². The maximum Gasteiger partial charge on any atom is 0.239 e. The predicted molar refractivity (Wildman–Crippen MR) is 135 cm³/mol. The lowest BCUT2D eigenvalue weighted by Gasteiger charge is -2.37. The molecule has 2 aromatic rings. The standard InChI is InChI=1S/C25H34N6O4/c1-18(32)28-21-5-3-20(4-6-21)24-27-16-22-25(29-24)30(11-14-34-2)9-10-31(22)17-23(33)26-15-19-7-12-35-13-8-19/h3-6,16,19H,7-15,17H2,1-2H3,(H,26,33)(H,28,32). The number of methoxy groups -OCH3 is 1. The van der Waals surface area contributed by atoms with Crippen LogP contribution in [0.3, 0.4) is 0 Å². The average molecular weight is 483 g/mol. The third-order valence-corrected chi connectivity index (χ3v) is 6.32. The van der Waals surface area contributed by atoms with Crippen LogP contribution in [0.15, 0.2) is 30.5 Å². The van der Waals surface area contributed by atoms with E-state index in [0.717, 1.165) is 55.4 Å². The molecule has 0 saturated carbocycles. The van der Waals surface area contributed by atoms with E-state index in [1.807, 2.05) is 29.2 Å². The molecule has 2 aliphatic heterocycles. The van der Waals surface area contributed by atoms with E-state index in [4.69, 9.17) is 14.5 Å². The van der Waals surface area contributed by atoms with Gasteiger partial charge in [-0.05, 0) is 43.0 Å². The zero-order valence-corrected chi connectivity index (χ0v) is 20.5. The number of hydrogen-bond donors (Lipinski definition) is 2. The van der Waals surface area contributed by atoms with Gasteiger partial charge in [0.2, 0.25) is 11.8 Å². The topological polar surface area (TPSA) is 109 Å². The Hall–Kier alpha value is -3.24. The Bertz CT molecular complexity index is 1010. The first kappa shape index (κ1) is 24.9. The number of carbonyl (C=O) groups excluding carboxylic acids is 2. The molecule has 0 radical (unpaired) electrons. The maximum atomic E-state index is 12.7. The van der Waals surface area contributed by atoms with Crippen LogP contribution in [0.4, 0.5) is 17.2 Å². The van der Waals surface area contributed by atoms with E-state index in [0.29, 0.717) is 38.0 Å². The average Bonchev–Trinajstić information content (AvgIpc) is 2.87. The molecule has 2 amide bonds. The smallest absolute Gasteiger partial charge is 0.239 e. The van der Waals surface area contributed by atoms with Gasteiger partial charge < -0.3 is 29.9 Å². The van der Waals surface area contributed by atoms with Gasteiger partial charge in [-0.1, -0.05) is 0 Å². The van der Waals surface area contributed by atoms with E-state index in [1.54, 1.807) is 13.3 Å². The van der Waals surface area contributed by atoms with Gasteiger partial charge in [-0.25, -0.2) is 9.97 Å². The molecule has 2 N–H and O–H groups in total. The van der Waals surface area contributed by atoms with Crippen molar-refractivity contribution in [1.29, 1.82) is 0 Å². The fourth-order valence-corrected chi connectivity index (χ4v) is 4.36. The molecule has 188 valence electrons. The largest absolute Gasteiger partial charge is 0.383 e. The molecular weight excluding hydrogens is 448 g/mol. The van der Waals surface area contributed by atoms with Crippen molar-refractivity contribution in [1.82, 2.24) is 15.3 Å². The van der Waals surface area contributed by atoms with Gasteiger partial charge in [0.1, 0.15) is 0 Å². The summed E-state index contributed by atoms with van der Waals surface area (Å²) in [5.74, 6) is 1.75. The Balaban J connectivity index is 1.49. The van der Waals surface area contributed by atoms with E-state index in [2.05, 4.69) is 20.5 Å². The minimum absolute atomic E-state index is 0.00502. The van der Waals surface area contributed by atoms with Crippen LogP contribution in [0.5, 0.6) is 0 Å². The number of anilines is 3. The second-order valence-electron chi connectivity index (χ2n) is 8.92. The predicted octanol–water partition coefficient (Wildman–Crippen LogP) is 1.92. The molecule has 0 unspecified atom stereocenters. The van der Waals surface area contributed by atoms with Gasteiger partial charge in [-0.15, -0.1) is 0 Å². The van der Waals surface area contributed by atoms with Crippen LogP contribution >= 0.6 is 0 Å². The highest BCUT2D eigenvalue weighted by atomic mass is 16.5. The summed E-state index contributed by atoms with van der Waals surface area (Å²) in [5.41, 5.74) is 2.41. The van der Waals surface area contributed by atoms with Crippen molar-refractivity contribution in [3.63, 3.8) is 0 Å². The highest BCUT2D eigenvalue weighted by Gasteiger charge is 2.27. The fourth-order valence-electron chi connectivity index (χ4n) is 4.36. The highest BCUT2D eigenvalue weighted by Crippen LogP contribution is 2.32. The molecule has 35 heavy (non-hydrogen) atoms. The van der Waals surface area contributed by atoms with Crippen LogP contribution in [0.1, 0.15) is 19.8 Å². The molecule has 0 aliphatic carbocycles. The van der Waals surface area contributed by atoms with Gasteiger partial charge >= 0.3 is 0 Å². The molecule has 1 saturated heterocycles. The molecule has 4 rings (SSSR count). The molecule has 2 aliphatic rings. The normalized spacial score (nSPS) is 16.1. The third-order valence-electron chi connectivity index (χ3n) is 6.32. The Morgan fingerprint density at radius 2 is 1.89 bits per heavy atom. The molecule has 1 aromatic carbocycles. The van der Waals surface area contributed by atoms with Crippen molar-refractivity contribution in [3.8, 4) is 11.4 Å². The summed E-state index contributed by atoms with van der Waals surface area (Å²) in [6.45, 7) is 6.69. The quantitative estimate of drug-likeness (QED) is 0.558. The molecule has 0 bridgehead atoms. The monoisotopic (exact) mass is 482 g/mol. The minimum Gasteiger partial charge on any atom is -0.383 e. The van der Waals surface area contributed by atoms with Gasteiger partial charge in [0.15, 0.2) is 11.6 Å². The molecule has 1 fully saturated rings. The number of rotatable bonds is 9. The van der Waals surface area contributed by atoms with Gasteiger partial charge in [-0.3, -0.25) is 9.59 Å². The maximum absolute atomic E-state index is 12.7. The molecular formula is C25H34N6O4. The number of benzene rings is 1. The summed E-state index contributed by atoms with van der Waals surface area (Å²) in [6, 6.07) is 7.43. The number of hydrogen-bond acceptors (Lipinski definition) is 8. The summed E-state index contributed by atoms with van der Waals surface area (Å²) < 4.78 is 10.7. The van der Waals surface area contributed by atoms with Crippen LogP contribution < -0.4 is 20.4 Å². The van der Waals surface area contributed by atoms with E-state index in [9.17, 15) is 9.59 Å². The zero-order chi connectivity index (χ0) is 24.6. The van der Waals surface area contributed by atoms with Crippen molar-refractivity contribution in [2.45, 2.75) is 19.8 Å². The number of nitrogens with zero attached hydrogens (tertiary/aromatic N) is 4. The lowest BCUT2D eigenvalue weighted by molar-refractivity contribution is -0.120. The van der Waals surface area contributed by atoms with Crippen molar-refractivity contribution in [2.24, 2.45) is 5.92 Å². The molecule has 10 nitrogen and oxygen atoms in total. The zero-order valence-electron chi connectivity index (χ0n) is 20.5. The van der Waals surface area contributed by atoms with Gasteiger partial charge in [0.25, 0.3) is 0 Å². The van der Waals surface area contributed by atoms with Crippen LogP contribution in [-0.2, 0) is 19.1 Å². The molecule has 3 heterocycles. The summed E-state index contributed by atoms with van der Waals surface area (Å²) in [7, 11) is 1.68. The van der Waals surface area contributed by atoms with Gasteiger partial charge in [-0.2, -0.15) is 0 Å². The van der Waals surface area contributed by atoms with Crippen LogP contribution in [0.2, 0.25) is 0 Å². The van der Waals surface area contributed by atoms with Crippen molar-refractivity contribution in [2.75, 3.05) is 74.8 Å². The Labute approximate surface area is 206 Å². The summed E-state index contributed by atoms with van der Waals surface area (Å²) >= 11 is 0. The fraction of sp³-hybridized carbons (Fsp3) is 0.520. The number of amides is 2. The second kappa shape index (κ2) is 11.9. The first-order chi connectivity index (χ1) is 17.0. The Kier molecular flexibility index (Phi) is 8.49. The summed E-state index contributed by atoms with van der Waals surface area (Å²) in [5, 5.41) is 5.86. The summed E-state index contributed by atoms with van der Waals surface area (Å²) in [6.07, 6.45) is 3.78. The van der Waals surface area contributed by atoms with Crippen molar-refractivity contribution >= 4 is 29.0 Å². The minimum atomic E-state index is -0.117.